The van der Waals surface area contributed by atoms with Gasteiger partial charge in [-0.2, -0.15) is 5.26 Å². The van der Waals surface area contributed by atoms with Gasteiger partial charge in [0.05, 0.1) is 11.1 Å². The van der Waals surface area contributed by atoms with E-state index in [2.05, 4.69) is 6.07 Å². The van der Waals surface area contributed by atoms with E-state index in [1.54, 1.807) is 12.1 Å². The fourth-order valence-corrected chi connectivity index (χ4v) is 2.26. The van der Waals surface area contributed by atoms with Crippen LogP contribution in [0.5, 0.6) is 0 Å². The van der Waals surface area contributed by atoms with Gasteiger partial charge in [-0.05, 0) is 30.9 Å². The highest BCUT2D eigenvalue weighted by atomic mass is 16.4. The van der Waals surface area contributed by atoms with Crippen LogP contribution in [0.1, 0.15) is 30.0 Å². The molecule has 1 heterocycles. The van der Waals surface area contributed by atoms with E-state index in [1.165, 1.54) is 4.57 Å². The number of para-hydroxylation sites is 1. The monoisotopic (exact) mass is 226 g/mol. The minimum absolute atomic E-state index is 0.338. The molecule has 0 aliphatic heterocycles. The molecule has 0 amide bonds. The third-order valence-corrected chi connectivity index (χ3v) is 3.16. The maximum absolute atomic E-state index is 11.4. The van der Waals surface area contributed by atoms with Crippen molar-refractivity contribution in [3.8, 4) is 6.07 Å². The predicted molar refractivity (Wildman–Crippen MR) is 62.1 cm³/mol. The highest BCUT2D eigenvalue weighted by molar-refractivity contribution is 5.94. The van der Waals surface area contributed by atoms with Crippen LogP contribution in [0.3, 0.4) is 0 Å². The molecule has 1 fully saturated rings. The zero-order chi connectivity index (χ0) is 12.0. The molecule has 17 heavy (non-hydrogen) atoms. The SMILES string of the molecule is N#Cc1cccc2cc(C3CC3)n(C(=O)O)c12. The Morgan fingerprint density at radius 2 is 2.24 bits per heavy atom. The summed E-state index contributed by atoms with van der Waals surface area (Å²) < 4.78 is 1.27. The molecule has 1 N–H and O–H groups in total. The molecule has 0 bridgehead atoms. The van der Waals surface area contributed by atoms with Crippen LogP contribution in [0.15, 0.2) is 24.3 Å². The molecule has 0 saturated heterocycles. The van der Waals surface area contributed by atoms with Gasteiger partial charge < -0.3 is 5.11 Å². The van der Waals surface area contributed by atoms with Gasteiger partial charge in [0.1, 0.15) is 6.07 Å². The number of carbonyl (C=O) groups is 1. The van der Waals surface area contributed by atoms with Crippen molar-refractivity contribution in [1.82, 2.24) is 4.57 Å². The number of hydrogen-bond donors (Lipinski definition) is 1. The minimum Gasteiger partial charge on any atom is -0.464 e. The van der Waals surface area contributed by atoms with Crippen molar-refractivity contribution < 1.29 is 9.90 Å². The highest BCUT2D eigenvalue weighted by Crippen LogP contribution is 2.42. The van der Waals surface area contributed by atoms with E-state index in [9.17, 15) is 9.90 Å². The minimum atomic E-state index is -1.01. The first-order valence-electron chi connectivity index (χ1n) is 5.50. The number of nitrogens with zero attached hydrogens (tertiary/aromatic N) is 2. The van der Waals surface area contributed by atoms with Gasteiger partial charge in [0.2, 0.25) is 0 Å². The quantitative estimate of drug-likeness (QED) is 0.812. The third kappa shape index (κ3) is 1.40. The number of rotatable bonds is 1. The van der Waals surface area contributed by atoms with Crippen LogP contribution in [-0.2, 0) is 0 Å². The summed E-state index contributed by atoms with van der Waals surface area (Å²) in [5.74, 6) is 0.338. The van der Waals surface area contributed by atoms with Crippen molar-refractivity contribution in [2.45, 2.75) is 18.8 Å². The van der Waals surface area contributed by atoms with Gasteiger partial charge in [-0.1, -0.05) is 12.1 Å². The summed E-state index contributed by atoms with van der Waals surface area (Å²) in [5.41, 5.74) is 1.75. The molecule has 0 radical (unpaired) electrons. The number of nitriles is 1. The number of aromatic nitrogens is 1. The Balaban J connectivity index is 2.40. The van der Waals surface area contributed by atoms with Crippen LogP contribution in [0.2, 0.25) is 0 Å². The summed E-state index contributed by atoms with van der Waals surface area (Å²) in [6.07, 6.45) is 1.06. The van der Waals surface area contributed by atoms with Crippen molar-refractivity contribution >= 4 is 17.0 Å². The van der Waals surface area contributed by atoms with Crippen LogP contribution in [-0.4, -0.2) is 15.8 Å². The van der Waals surface area contributed by atoms with Gasteiger partial charge >= 0.3 is 6.09 Å². The van der Waals surface area contributed by atoms with Crippen LogP contribution in [0, 0.1) is 11.3 Å². The molecule has 1 saturated carbocycles. The van der Waals surface area contributed by atoms with Crippen molar-refractivity contribution in [3.05, 3.63) is 35.5 Å². The Morgan fingerprint density at radius 3 is 2.82 bits per heavy atom. The van der Waals surface area contributed by atoms with Gasteiger partial charge in [-0.3, -0.25) is 0 Å². The fraction of sp³-hybridized carbons (Fsp3) is 0.231. The fourth-order valence-electron chi connectivity index (χ4n) is 2.26. The maximum atomic E-state index is 11.4. The standard InChI is InChI=1S/C13H10N2O2/c14-7-10-3-1-2-9-6-11(8-4-5-8)15(12(9)10)13(16)17/h1-3,6,8H,4-5H2,(H,16,17). The first kappa shape index (κ1) is 9.91. The lowest BCUT2D eigenvalue weighted by atomic mass is 10.1. The molecule has 0 atom stereocenters. The van der Waals surface area contributed by atoms with Gasteiger partial charge in [0, 0.05) is 11.1 Å². The van der Waals surface area contributed by atoms with Crippen LogP contribution < -0.4 is 0 Å². The van der Waals surface area contributed by atoms with Gasteiger partial charge in [-0.15, -0.1) is 0 Å². The molecule has 1 aliphatic rings. The average Bonchev–Trinajstić information content (AvgIpc) is 3.08. The molecule has 1 aliphatic carbocycles. The number of fused-ring (bicyclic) bond motifs is 1. The van der Waals surface area contributed by atoms with E-state index >= 15 is 0 Å². The number of carboxylic acid groups (broad SMARTS) is 1. The number of benzene rings is 1. The Bertz CT molecular complexity index is 660. The Labute approximate surface area is 97.7 Å². The van der Waals surface area contributed by atoms with Crippen molar-refractivity contribution in [1.29, 1.82) is 5.26 Å². The zero-order valence-electron chi connectivity index (χ0n) is 9.05. The second-order valence-corrected chi connectivity index (χ2v) is 4.32. The topological polar surface area (TPSA) is 66.0 Å². The van der Waals surface area contributed by atoms with Crippen LogP contribution in [0.4, 0.5) is 4.79 Å². The smallest absolute Gasteiger partial charge is 0.416 e. The van der Waals surface area contributed by atoms with Crippen molar-refractivity contribution in [3.63, 3.8) is 0 Å². The molecule has 4 heteroatoms. The summed E-state index contributed by atoms with van der Waals surface area (Å²) >= 11 is 0. The molecule has 3 rings (SSSR count). The zero-order valence-corrected chi connectivity index (χ0v) is 9.05. The molecule has 2 aromatic rings. The third-order valence-electron chi connectivity index (χ3n) is 3.16. The van der Waals surface area contributed by atoms with Crippen LogP contribution in [0.25, 0.3) is 10.9 Å². The molecular weight excluding hydrogens is 216 g/mol. The van der Waals surface area contributed by atoms with E-state index in [4.69, 9.17) is 5.26 Å². The summed E-state index contributed by atoms with van der Waals surface area (Å²) in [5, 5.41) is 19.2. The van der Waals surface area contributed by atoms with Gasteiger partial charge in [0.15, 0.2) is 0 Å². The Kier molecular flexibility index (Phi) is 1.96. The average molecular weight is 226 g/mol. The van der Waals surface area contributed by atoms with E-state index in [-0.39, 0.29) is 0 Å². The first-order valence-corrected chi connectivity index (χ1v) is 5.50. The summed E-state index contributed by atoms with van der Waals surface area (Å²) in [6, 6.07) is 9.23. The molecule has 1 aromatic carbocycles. The molecule has 84 valence electrons. The summed E-state index contributed by atoms with van der Waals surface area (Å²) in [6.45, 7) is 0. The summed E-state index contributed by atoms with van der Waals surface area (Å²) in [7, 11) is 0. The van der Waals surface area contributed by atoms with E-state index in [1.807, 2.05) is 12.1 Å². The molecule has 4 nitrogen and oxygen atoms in total. The lowest BCUT2D eigenvalue weighted by Gasteiger charge is -2.04. The highest BCUT2D eigenvalue weighted by Gasteiger charge is 2.30. The van der Waals surface area contributed by atoms with Gasteiger partial charge in [-0.25, -0.2) is 9.36 Å². The second kappa shape index (κ2) is 3.36. The van der Waals surface area contributed by atoms with E-state index < -0.39 is 6.09 Å². The summed E-state index contributed by atoms with van der Waals surface area (Å²) in [4.78, 5) is 11.4. The molecule has 1 aromatic heterocycles. The molecule has 0 spiro atoms. The Hall–Kier alpha value is -2.28. The van der Waals surface area contributed by atoms with E-state index in [0.29, 0.717) is 17.0 Å². The molecular formula is C13H10N2O2. The largest absolute Gasteiger partial charge is 0.464 e. The first-order chi connectivity index (χ1) is 8.22. The lowest BCUT2D eigenvalue weighted by molar-refractivity contribution is 0.196. The maximum Gasteiger partial charge on any atom is 0.416 e. The van der Waals surface area contributed by atoms with Crippen LogP contribution >= 0.6 is 0 Å². The second-order valence-electron chi connectivity index (χ2n) is 4.32. The van der Waals surface area contributed by atoms with Crippen molar-refractivity contribution in [2.24, 2.45) is 0 Å². The Morgan fingerprint density at radius 1 is 1.47 bits per heavy atom. The molecule has 0 unspecified atom stereocenters. The van der Waals surface area contributed by atoms with E-state index in [0.717, 1.165) is 23.9 Å². The predicted octanol–water partition coefficient (Wildman–Crippen LogP) is 2.92. The number of hydrogen-bond acceptors (Lipinski definition) is 2. The lowest BCUT2D eigenvalue weighted by Crippen LogP contribution is -2.11. The van der Waals surface area contributed by atoms with Gasteiger partial charge in [0.25, 0.3) is 0 Å². The normalized spacial score (nSPS) is 14.8. The van der Waals surface area contributed by atoms with Crippen molar-refractivity contribution in [2.75, 3.05) is 0 Å².